The Morgan fingerprint density at radius 1 is 0.980 bits per heavy atom. The topological polar surface area (TPSA) is 153 Å². The largest absolute Gasteiger partial charge is 0.481 e. The zero-order valence-corrected chi connectivity index (χ0v) is 30.0. The van der Waals surface area contributed by atoms with Crippen molar-refractivity contribution in [1.82, 2.24) is 9.97 Å². The number of pyridine rings is 1. The van der Waals surface area contributed by atoms with Gasteiger partial charge in [0.25, 0.3) is 0 Å². The van der Waals surface area contributed by atoms with E-state index < -0.39 is 23.6 Å². The first kappa shape index (κ1) is 37.6. The highest BCUT2D eigenvalue weighted by atomic mass is 16.4. The third-order valence-corrected chi connectivity index (χ3v) is 12.5. The number of aromatic amines is 1. The summed E-state index contributed by atoms with van der Waals surface area (Å²) in [6, 6.07) is 6.15. The first-order valence-corrected chi connectivity index (χ1v) is 19.5. The summed E-state index contributed by atoms with van der Waals surface area (Å²) in [6.07, 6.45) is 21.4. The Labute approximate surface area is 294 Å². The van der Waals surface area contributed by atoms with Crippen molar-refractivity contribution >= 4 is 11.8 Å². The molecule has 0 aliphatic heterocycles. The number of aromatic nitrogens is 2. The molecule has 2 aromatic rings. The normalized spacial score (nSPS) is 33.7. The molecule has 5 rings (SSSR count). The average Bonchev–Trinajstić information content (AvgIpc) is 3.67. The van der Waals surface area contributed by atoms with Gasteiger partial charge in [0.1, 0.15) is 5.82 Å². The lowest BCUT2D eigenvalue weighted by molar-refractivity contribution is -0.150. The number of carboxylic acids is 1. The number of anilines is 1. The summed E-state index contributed by atoms with van der Waals surface area (Å²) in [5.74, 6) is -0.514. The smallest absolute Gasteiger partial charge is 0.309 e. The number of nitrogens with one attached hydrogen (secondary N) is 1. The fourth-order valence-corrected chi connectivity index (χ4v) is 9.79. The number of carboxylic acid groups (broad SMARTS) is 1. The zero-order chi connectivity index (χ0) is 35.0. The molecule has 2 heterocycles. The summed E-state index contributed by atoms with van der Waals surface area (Å²) in [5.41, 5.74) is 8.47. The molecule has 7 N–H and O–H groups in total. The SMILES string of the molecule is CCCCC[C@@H]1C=C[C@@H](CCCC[C@H]2CC[C@@H](c3cc(CC)c[nH]3)[C@@H]3C[C@H](Cc4ccnc(N)c4)C[C@@]3(O)CC[C@H](O)[C@H]2C(=O)O)[C@H](O)C1. The van der Waals surface area contributed by atoms with Gasteiger partial charge in [0.05, 0.1) is 23.7 Å². The van der Waals surface area contributed by atoms with Crippen LogP contribution in [0.2, 0.25) is 0 Å². The number of nitrogens with two attached hydrogens (primary N) is 1. The number of aryl methyl sites for hydroxylation is 1. The molecule has 0 spiro atoms. The lowest BCUT2D eigenvalue weighted by Gasteiger charge is -2.39. The maximum Gasteiger partial charge on any atom is 0.309 e. The monoisotopic (exact) mass is 677 g/mol. The maximum absolute atomic E-state index is 12.8. The van der Waals surface area contributed by atoms with Gasteiger partial charge in [-0.05, 0) is 130 Å². The number of aliphatic hydroxyl groups is 3. The second-order valence-electron chi connectivity index (χ2n) is 15.9. The van der Waals surface area contributed by atoms with Crippen LogP contribution in [0.5, 0.6) is 0 Å². The van der Waals surface area contributed by atoms with Crippen LogP contribution < -0.4 is 5.73 Å². The molecule has 0 saturated heterocycles. The van der Waals surface area contributed by atoms with Gasteiger partial charge in [-0.1, -0.05) is 58.1 Å². The highest BCUT2D eigenvalue weighted by Crippen LogP contribution is 2.53. The number of hydrogen-bond donors (Lipinski definition) is 6. The molecule has 2 fully saturated rings. The van der Waals surface area contributed by atoms with E-state index in [9.17, 15) is 25.2 Å². The van der Waals surface area contributed by atoms with E-state index in [-0.39, 0.29) is 42.1 Å². The van der Waals surface area contributed by atoms with Gasteiger partial charge in [0.15, 0.2) is 0 Å². The Morgan fingerprint density at radius 2 is 1.78 bits per heavy atom. The van der Waals surface area contributed by atoms with E-state index in [4.69, 9.17) is 5.73 Å². The summed E-state index contributed by atoms with van der Waals surface area (Å²) in [7, 11) is 0. The van der Waals surface area contributed by atoms with Crippen molar-refractivity contribution in [3.05, 3.63) is 59.6 Å². The Balaban J connectivity index is 1.29. The minimum Gasteiger partial charge on any atom is -0.481 e. The quantitative estimate of drug-likeness (QED) is 0.0890. The van der Waals surface area contributed by atoms with Gasteiger partial charge in [0, 0.05) is 29.9 Å². The van der Waals surface area contributed by atoms with E-state index in [1.54, 1.807) is 6.20 Å². The number of aliphatic carboxylic acids is 1. The van der Waals surface area contributed by atoms with E-state index in [2.05, 4.69) is 48.2 Å². The maximum atomic E-state index is 12.8. The van der Waals surface area contributed by atoms with Crippen molar-refractivity contribution < 1.29 is 25.2 Å². The molecule has 8 heteroatoms. The van der Waals surface area contributed by atoms with Crippen molar-refractivity contribution in [2.45, 2.75) is 147 Å². The first-order chi connectivity index (χ1) is 23.6. The van der Waals surface area contributed by atoms with Crippen LogP contribution >= 0.6 is 0 Å². The Hall–Kier alpha value is -2.68. The molecule has 2 saturated carbocycles. The highest BCUT2D eigenvalue weighted by Gasteiger charge is 2.51. The fraction of sp³-hybridized carbons (Fsp3) is 0.707. The Morgan fingerprint density at radius 3 is 2.49 bits per heavy atom. The molecule has 0 amide bonds. The van der Waals surface area contributed by atoms with Crippen molar-refractivity contribution in [1.29, 1.82) is 0 Å². The molecule has 8 nitrogen and oxygen atoms in total. The molecule has 272 valence electrons. The van der Waals surface area contributed by atoms with Gasteiger partial charge in [0.2, 0.25) is 0 Å². The fourth-order valence-electron chi connectivity index (χ4n) is 9.79. The number of allylic oxidation sites excluding steroid dienone is 1. The van der Waals surface area contributed by atoms with Crippen molar-refractivity contribution in [2.24, 2.45) is 35.5 Å². The zero-order valence-electron chi connectivity index (χ0n) is 30.0. The number of nitrogens with zero attached hydrogens (tertiary/aromatic N) is 1. The lowest BCUT2D eigenvalue weighted by Crippen LogP contribution is -2.42. The molecule has 0 unspecified atom stereocenters. The molecule has 10 atom stereocenters. The summed E-state index contributed by atoms with van der Waals surface area (Å²) in [4.78, 5) is 20.5. The standard InChI is InChI=1S/C41H63N3O5/c1-3-5-6-9-28-12-13-31(37(46)23-28)10-7-8-11-32-14-15-33(35-22-27(4-2)26-44-35)34-21-30(20-29-17-19-43-38(42)24-29)25-41(34,49)18-16-36(45)39(32)40(47)48/h12-13,17,19,22,24,26,28,30-34,36-37,39,44-46,49H,3-11,14-16,18,20-21,23,25H2,1-2H3,(H2,42,43)(H,47,48)/t28-,30+,31-,32+,33-,34+,36+,37-,39+,41+/m1/s1. The van der Waals surface area contributed by atoms with Crippen LogP contribution in [0.3, 0.4) is 0 Å². The van der Waals surface area contributed by atoms with E-state index in [1.807, 2.05) is 12.1 Å². The molecule has 3 aliphatic rings. The van der Waals surface area contributed by atoms with E-state index in [0.29, 0.717) is 31.0 Å². The number of carbonyl (C=O) groups is 1. The highest BCUT2D eigenvalue weighted by molar-refractivity contribution is 5.71. The minimum absolute atomic E-state index is 0.000330. The summed E-state index contributed by atoms with van der Waals surface area (Å²) in [5, 5.41) is 45.2. The second-order valence-corrected chi connectivity index (χ2v) is 15.9. The summed E-state index contributed by atoms with van der Waals surface area (Å²) < 4.78 is 0. The average molecular weight is 678 g/mol. The van der Waals surface area contributed by atoms with E-state index in [0.717, 1.165) is 75.5 Å². The van der Waals surface area contributed by atoms with Gasteiger partial charge < -0.3 is 31.1 Å². The lowest BCUT2D eigenvalue weighted by atomic mass is 9.69. The van der Waals surface area contributed by atoms with Crippen LogP contribution in [0.15, 0.2) is 42.7 Å². The van der Waals surface area contributed by atoms with Crippen LogP contribution in [-0.2, 0) is 17.6 Å². The van der Waals surface area contributed by atoms with Crippen LogP contribution in [0.25, 0.3) is 0 Å². The Bertz CT molecular complexity index is 1360. The molecular weight excluding hydrogens is 614 g/mol. The van der Waals surface area contributed by atoms with Crippen molar-refractivity contribution in [3.8, 4) is 0 Å². The number of rotatable bonds is 14. The predicted molar refractivity (Wildman–Crippen MR) is 195 cm³/mol. The van der Waals surface area contributed by atoms with Crippen LogP contribution in [0, 0.1) is 35.5 Å². The number of hydrogen-bond acceptors (Lipinski definition) is 6. The summed E-state index contributed by atoms with van der Waals surface area (Å²) >= 11 is 0. The van der Waals surface area contributed by atoms with Crippen LogP contribution in [0.1, 0.15) is 133 Å². The number of unbranched alkanes of at least 4 members (excludes halogenated alkanes) is 3. The Kier molecular flexibility index (Phi) is 13.4. The second kappa shape index (κ2) is 17.5. The van der Waals surface area contributed by atoms with Gasteiger partial charge >= 0.3 is 5.97 Å². The number of fused-ring (bicyclic) bond motifs is 1. The van der Waals surface area contributed by atoms with Crippen LogP contribution in [-0.4, -0.2) is 54.2 Å². The van der Waals surface area contributed by atoms with Gasteiger partial charge in [-0.2, -0.15) is 0 Å². The molecule has 2 aromatic heterocycles. The predicted octanol–water partition coefficient (Wildman–Crippen LogP) is 7.58. The van der Waals surface area contributed by atoms with Gasteiger partial charge in [-0.15, -0.1) is 0 Å². The molecule has 0 aromatic carbocycles. The molecule has 49 heavy (non-hydrogen) atoms. The molecule has 0 bridgehead atoms. The molecule has 0 radical (unpaired) electrons. The van der Waals surface area contributed by atoms with E-state index in [1.165, 1.54) is 24.8 Å². The third-order valence-electron chi connectivity index (χ3n) is 12.5. The van der Waals surface area contributed by atoms with E-state index >= 15 is 0 Å². The van der Waals surface area contributed by atoms with Crippen molar-refractivity contribution in [3.63, 3.8) is 0 Å². The summed E-state index contributed by atoms with van der Waals surface area (Å²) in [6.45, 7) is 4.36. The minimum atomic E-state index is -1.01. The molecular formula is C41H63N3O5. The van der Waals surface area contributed by atoms with Gasteiger partial charge in [-0.3, -0.25) is 4.79 Å². The number of aliphatic hydroxyl groups excluding tert-OH is 2. The first-order valence-electron chi connectivity index (χ1n) is 19.5. The van der Waals surface area contributed by atoms with Gasteiger partial charge in [-0.25, -0.2) is 4.98 Å². The number of nitrogen functional groups attached to an aromatic ring is 1. The molecule has 3 aliphatic carbocycles. The third kappa shape index (κ3) is 9.77. The van der Waals surface area contributed by atoms with Crippen LogP contribution in [0.4, 0.5) is 5.82 Å². The van der Waals surface area contributed by atoms with Crippen molar-refractivity contribution in [2.75, 3.05) is 5.73 Å². The number of H-pyrrole nitrogens is 1.